The number of nitrogens with zero attached hydrogens (tertiary/aromatic N) is 2. The van der Waals surface area contributed by atoms with Crippen LogP contribution in [0.4, 0.5) is 10.5 Å². The maximum atomic E-state index is 12.7. The minimum Gasteiger partial charge on any atom is -0.450 e. The molecule has 0 bridgehead atoms. The standard InChI is InChI=1S/C21H21BrN3O4/c1-3-29-21(26)24-11-10-16-17-12-14(22)6-9-18(17)23-19(16)20(24)13-4-7-15(8-5-13)25(27)28-2/h4-9,12,20,23H,3,10-11H2,1-2H3/q+1. The highest BCUT2D eigenvalue weighted by Crippen LogP contribution is 2.39. The third-order valence-corrected chi connectivity index (χ3v) is 5.67. The van der Waals surface area contributed by atoms with E-state index in [2.05, 4.69) is 27.0 Å². The molecule has 1 aliphatic heterocycles. The summed E-state index contributed by atoms with van der Waals surface area (Å²) in [7, 11) is 1.32. The fraction of sp³-hybridized carbons (Fsp3) is 0.286. The normalized spacial score (nSPS) is 15.8. The molecule has 150 valence electrons. The van der Waals surface area contributed by atoms with Gasteiger partial charge in [-0.05, 0) is 54.8 Å². The highest BCUT2D eigenvalue weighted by Gasteiger charge is 2.35. The van der Waals surface area contributed by atoms with Crippen LogP contribution >= 0.6 is 15.9 Å². The summed E-state index contributed by atoms with van der Waals surface area (Å²) in [6.07, 6.45) is 0.381. The SMILES string of the molecule is CCOC(=O)N1CCc2c([nH]c3ccc(Br)cc23)C1c1ccc([N+](=O)OC)cc1. The first kappa shape index (κ1) is 19.4. The predicted molar refractivity (Wildman–Crippen MR) is 112 cm³/mol. The number of aromatic nitrogens is 1. The first-order valence-electron chi connectivity index (χ1n) is 9.38. The van der Waals surface area contributed by atoms with Crippen molar-refractivity contribution in [3.8, 4) is 0 Å². The molecule has 8 heteroatoms. The van der Waals surface area contributed by atoms with Crippen molar-refractivity contribution < 1.29 is 19.3 Å². The number of nitrogens with one attached hydrogen (secondary N) is 1. The summed E-state index contributed by atoms with van der Waals surface area (Å²) in [4.78, 5) is 34.8. The number of hydrogen-bond donors (Lipinski definition) is 1. The Hall–Kier alpha value is -2.87. The Kier molecular flexibility index (Phi) is 5.27. The van der Waals surface area contributed by atoms with Crippen molar-refractivity contribution in [2.45, 2.75) is 19.4 Å². The molecule has 2 heterocycles. The predicted octanol–water partition coefficient (Wildman–Crippen LogP) is 5.01. The molecule has 0 fully saturated rings. The molecule has 3 aromatic rings. The highest BCUT2D eigenvalue weighted by atomic mass is 79.9. The van der Waals surface area contributed by atoms with E-state index in [1.165, 1.54) is 12.7 Å². The van der Waals surface area contributed by atoms with Crippen molar-refractivity contribution in [2.24, 2.45) is 0 Å². The number of ether oxygens (including phenoxy) is 1. The van der Waals surface area contributed by atoms with Crippen LogP contribution in [-0.2, 0) is 16.0 Å². The molecule has 29 heavy (non-hydrogen) atoms. The zero-order valence-corrected chi connectivity index (χ0v) is 17.7. The van der Waals surface area contributed by atoms with E-state index in [4.69, 9.17) is 9.57 Å². The lowest BCUT2D eigenvalue weighted by molar-refractivity contribution is -0.736. The summed E-state index contributed by atoms with van der Waals surface area (Å²) in [6.45, 7) is 2.65. The minimum atomic E-state index is -0.352. The maximum absolute atomic E-state index is 12.7. The average Bonchev–Trinajstić information content (AvgIpc) is 3.10. The van der Waals surface area contributed by atoms with E-state index in [1.54, 1.807) is 24.0 Å². The van der Waals surface area contributed by atoms with Gasteiger partial charge in [0, 0.05) is 39.7 Å². The van der Waals surface area contributed by atoms with E-state index in [9.17, 15) is 9.70 Å². The van der Waals surface area contributed by atoms with Crippen LogP contribution in [0.2, 0.25) is 0 Å². The summed E-state index contributed by atoms with van der Waals surface area (Å²) in [5, 5.41) is 1.14. The number of benzene rings is 2. The van der Waals surface area contributed by atoms with Gasteiger partial charge in [-0.1, -0.05) is 15.9 Å². The fourth-order valence-corrected chi connectivity index (χ4v) is 4.26. The lowest BCUT2D eigenvalue weighted by atomic mass is 9.92. The van der Waals surface area contributed by atoms with Crippen molar-refractivity contribution in [2.75, 3.05) is 20.3 Å². The van der Waals surface area contributed by atoms with Crippen molar-refractivity contribution >= 4 is 38.6 Å². The Morgan fingerprint density at radius 1 is 1.28 bits per heavy atom. The lowest BCUT2D eigenvalue weighted by Crippen LogP contribution is -2.40. The number of aromatic amines is 1. The number of halogens is 1. The van der Waals surface area contributed by atoms with Gasteiger partial charge in [0.15, 0.2) is 7.11 Å². The van der Waals surface area contributed by atoms with Gasteiger partial charge in [-0.3, -0.25) is 4.90 Å². The van der Waals surface area contributed by atoms with Gasteiger partial charge in [-0.15, -0.1) is 0 Å². The molecule has 7 nitrogen and oxygen atoms in total. The van der Waals surface area contributed by atoms with Crippen LogP contribution in [0.3, 0.4) is 0 Å². The molecule has 0 spiro atoms. The highest BCUT2D eigenvalue weighted by molar-refractivity contribution is 9.10. The van der Waals surface area contributed by atoms with E-state index in [-0.39, 0.29) is 12.1 Å². The monoisotopic (exact) mass is 458 g/mol. The number of rotatable bonds is 4. The first-order chi connectivity index (χ1) is 14.0. The zero-order chi connectivity index (χ0) is 20.5. The fourth-order valence-electron chi connectivity index (χ4n) is 3.89. The Morgan fingerprint density at radius 2 is 2.03 bits per heavy atom. The third-order valence-electron chi connectivity index (χ3n) is 5.18. The lowest BCUT2D eigenvalue weighted by Gasteiger charge is -2.35. The molecule has 0 radical (unpaired) electrons. The van der Waals surface area contributed by atoms with Gasteiger partial charge in [0.2, 0.25) is 0 Å². The topological polar surface area (TPSA) is 74.6 Å². The summed E-state index contributed by atoms with van der Waals surface area (Å²) in [5.74, 6) is 0. The summed E-state index contributed by atoms with van der Waals surface area (Å²) < 4.78 is 6.32. The van der Waals surface area contributed by atoms with Gasteiger partial charge >= 0.3 is 11.8 Å². The second-order valence-electron chi connectivity index (χ2n) is 6.78. The maximum Gasteiger partial charge on any atom is 0.410 e. The Morgan fingerprint density at radius 3 is 2.72 bits per heavy atom. The molecule has 1 unspecified atom stereocenters. The van der Waals surface area contributed by atoms with E-state index >= 15 is 0 Å². The summed E-state index contributed by atoms with van der Waals surface area (Å²) >= 11 is 3.54. The van der Waals surface area contributed by atoms with Gasteiger partial charge in [-0.2, -0.15) is 0 Å². The molecule has 1 N–H and O–H groups in total. The molecule has 1 aliphatic rings. The number of hydrogen-bond acceptors (Lipinski definition) is 4. The molecule has 0 saturated heterocycles. The largest absolute Gasteiger partial charge is 0.450 e. The first-order valence-corrected chi connectivity index (χ1v) is 10.2. The van der Waals surface area contributed by atoms with Crippen molar-refractivity contribution in [3.05, 3.63) is 68.7 Å². The quantitative estimate of drug-likeness (QED) is 0.557. The molecule has 0 aliphatic carbocycles. The van der Waals surface area contributed by atoms with Crippen molar-refractivity contribution in [1.82, 2.24) is 9.88 Å². The molecule has 0 saturated carbocycles. The second-order valence-corrected chi connectivity index (χ2v) is 7.70. The number of fused-ring (bicyclic) bond motifs is 3. The Bertz CT molecular complexity index is 1080. The van der Waals surface area contributed by atoms with Crippen molar-refractivity contribution in [3.63, 3.8) is 0 Å². The molecular formula is C21H21BrN3O4+. The second kappa shape index (κ2) is 7.87. The van der Waals surface area contributed by atoms with Crippen LogP contribution in [0, 0.1) is 4.91 Å². The number of amides is 1. The molecule has 4 rings (SSSR count). The summed E-state index contributed by atoms with van der Waals surface area (Å²) in [6, 6.07) is 12.8. The molecule has 1 amide bonds. The summed E-state index contributed by atoms with van der Waals surface area (Å²) in [5.41, 5.74) is 4.46. The average molecular weight is 459 g/mol. The van der Waals surface area contributed by atoms with Gasteiger partial charge in [0.1, 0.15) is 6.04 Å². The van der Waals surface area contributed by atoms with Crippen LogP contribution in [0.15, 0.2) is 46.9 Å². The molecule has 1 atom stereocenters. The van der Waals surface area contributed by atoms with Gasteiger partial charge < -0.3 is 9.72 Å². The van der Waals surface area contributed by atoms with Crippen LogP contribution in [-0.4, -0.2) is 41.2 Å². The molecular weight excluding hydrogens is 438 g/mol. The number of carbonyl (C=O) groups is 1. The third kappa shape index (κ3) is 3.48. The van der Waals surface area contributed by atoms with Crippen molar-refractivity contribution in [1.29, 1.82) is 0 Å². The van der Waals surface area contributed by atoms with E-state index < -0.39 is 0 Å². The van der Waals surface area contributed by atoms with E-state index in [0.29, 0.717) is 23.8 Å². The Labute approximate surface area is 176 Å². The number of H-pyrrole nitrogens is 1. The Balaban J connectivity index is 1.83. The van der Waals surface area contributed by atoms with Gasteiger partial charge in [0.25, 0.3) is 4.92 Å². The minimum absolute atomic E-state index is 0.312. The van der Waals surface area contributed by atoms with E-state index in [0.717, 1.165) is 33.1 Å². The van der Waals surface area contributed by atoms with Gasteiger partial charge in [-0.25, -0.2) is 9.63 Å². The van der Waals surface area contributed by atoms with Crippen LogP contribution in [0.1, 0.15) is 29.8 Å². The van der Waals surface area contributed by atoms with Crippen LogP contribution < -0.4 is 0 Å². The van der Waals surface area contributed by atoms with E-state index in [1.807, 2.05) is 24.3 Å². The van der Waals surface area contributed by atoms with Crippen LogP contribution in [0.25, 0.3) is 10.9 Å². The molecule has 2 aromatic carbocycles. The molecule has 1 aromatic heterocycles. The smallest absolute Gasteiger partial charge is 0.410 e. The van der Waals surface area contributed by atoms with Crippen LogP contribution in [0.5, 0.6) is 0 Å². The number of carbonyl (C=O) groups excluding carboxylic acids is 1. The van der Waals surface area contributed by atoms with Gasteiger partial charge in [0.05, 0.1) is 11.5 Å². The zero-order valence-electron chi connectivity index (χ0n) is 16.1.